The Bertz CT molecular complexity index is 1060. The molecule has 3 atom stereocenters. The fourth-order valence-corrected chi connectivity index (χ4v) is 5.42. The molecule has 0 amide bonds. The first kappa shape index (κ1) is 24.8. The average Bonchev–Trinajstić information content (AvgIpc) is 3.15. The summed E-state index contributed by atoms with van der Waals surface area (Å²) in [6, 6.07) is 14.9. The molecule has 2 aromatic rings. The lowest BCUT2D eigenvalue weighted by Crippen LogP contribution is -2.54. The number of rotatable bonds is 9. The summed E-state index contributed by atoms with van der Waals surface area (Å²) < 4.78 is 1.38. The van der Waals surface area contributed by atoms with E-state index in [1.807, 2.05) is 13.0 Å². The second-order valence-corrected chi connectivity index (χ2v) is 9.41. The van der Waals surface area contributed by atoms with E-state index in [1.165, 1.54) is 4.31 Å². The van der Waals surface area contributed by atoms with Gasteiger partial charge < -0.3 is 10.8 Å². The number of nitrogens with two attached hydrogens (primary N) is 1. The maximum atomic E-state index is 13.0. The number of aliphatic carboxylic acids is 1. The number of hydrogen-bond donors (Lipinski definition) is 2. The monoisotopic (exact) mass is 468 g/mol. The molecule has 2 aromatic carbocycles. The van der Waals surface area contributed by atoms with E-state index in [-0.39, 0.29) is 31.0 Å². The topological polar surface area (TPSA) is 118 Å². The van der Waals surface area contributed by atoms with Crippen LogP contribution in [0.2, 0.25) is 0 Å². The van der Waals surface area contributed by atoms with Crippen LogP contribution >= 0.6 is 11.9 Å². The molecule has 174 valence electrons. The van der Waals surface area contributed by atoms with Gasteiger partial charge in [-0.15, -0.1) is 0 Å². The molecule has 1 aliphatic heterocycles. The van der Waals surface area contributed by atoms with Crippen molar-refractivity contribution >= 4 is 34.6 Å². The van der Waals surface area contributed by atoms with Gasteiger partial charge >= 0.3 is 5.97 Å². The van der Waals surface area contributed by atoms with E-state index in [0.29, 0.717) is 35.2 Å². The smallest absolute Gasteiger partial charge is 0.332 e. The van der Waals surface area contributed by atoms with Crippen molar-refractivity contribution in [2.45, 2.75) is 44.7 Å². The predicted molar refractivity (Wildman–Crippen MR) is 127 cm³/mol. The molecule has 1 aliphatic rings. The number of carboxylic acid groups (broad SMARTS) is 1. The maximum absolute atomic E-state index is 13.0. The first-order chi connectivity index (χ1) is 15.7. The van der Waals surface area contributed by atoms with Crippen molar-refractivity contribution < 1.29 is 24.3 Å². The van der Waals surface area contributed by atoms with Crippen LogP contribution in [0.5, 0.6) is 0 Å². The Morgan fingerprint density at radius 1 is 1.12 bits per heavy atom. The van der Waals surface area contributed by atoms with Gasteiger partial charge in [0.25, 0.3) is 0 Å². The molecule has 3 N–H and O–H groups in total. The van der Waals surface area contributed by atoms with Gasteiger partial charge in [-0.2, -0.15) is 0 Å². The number of carbonyl (C=O) groups is 4. The van der Waals surface area contributed by atoms with Gasteiger partial charge in [0.2, 0.25) is 5.12 Å². The second-order valence-electron chi connectivity index (χ2n) is 8.39. The van der Waals surface area contributed by atoms with E-state index in [0.717, 1.165) is 0 Å². The zero-order valence-electron chi connectivity index (χ0n) is 18.7. The molecular formula is C25H28N2O5S. The second kappa shape index (κ2) is 10.4. The number of hydrogen-bond acceptors (Lipinski definition) is 7. The van der Waals surface area contributed by atoms with Crippen LogP contribution in [0.4, 0.5) is 0 Å². The quantitative estimate of drug-likeness (QED) is 0.327. The van der Waals surface area contributed by atoms with E-state index in [2.05, 4.69) is 0 Å². The summed E-state index contributed by atoms with van der Waals surface area (Å²) in [5.41, 5.74) is 6.11. The lowest BCUT2D eigenvalue weighted by Gasteiger charge is -2.31. The fourth-order valence-electron chi connectivity index (χ4n) is 4.24. The summed E-state index contributed by atoms with van der Waals surface area (Å²) in [7, 11) is 0. The largest absolute Gasteiger partial charge is 0.480 e. The Morgan fingerprint density at radius 2 is 1.76 bits per heavy atom. The maximum Gasteiger partial charge on any atom is 0.332 e. The molecule has 1 heterocycles. The number of carboxylic acids is 1. The van der Waals surface area contributed by atoms with E-state index in [4.69, 9.17) is 5.73 Å². The van der Waals surface area contributed by atoms with Gasteiger partial charge in [-0.25, -0.2) is 9.10 Å². The van der Waals surface area contributed by atoms with Gasteiger partial charge in [-0.3, -0.25) is 14.4 Å². The molecule has 33 heavy (non-hydrogen) atoms. The molecule has 0 spiro atoms. The van der Waals surface area contributed by atoms with Gasteiger partial charge in [0.05, 0.1) is 6.04 Å². The molecular weight excluding hydrogens is 440 g/mol. The van der Waals surface area contributed by atoms with Crippen molar-refractivity contribution in [3.63, 3.8) is 0 Å². The molecule has 1 fully saturated rings. The van der Waals surface area contributed by atoms with E-state index < -0.39 is 28.4 Å². The Labute approximate surface area is 197 Å². The van der Waals surface area contributed by atoms with Crippen LogP contribution in [0.1, 0.15) is 48.2 Å². The number of benzene rings is 2. The van der Waals surface area contributed by atoms with Crippen molar-refractivity contribution in [1.82, 2.24) is 4.31 Å². The Morgan fingerprint density at radius 3 is 2.39 bits per heavy atom. The van der Waals surface area contributed by atoms with Crippen LogP contribution in [0, 0.1) is 5.92 Å². The Balaban J connectivity index is 1.79. The number of Topliss-reactive ketones (excluding diaryl/α,β-unsaturated/α-hetero) is 1. The number of nitrogens with zero attached hydrogens (tertiary/aromatic N) is 1. The molecule has 0 radical (unpaired) electrons. The minimum atomic E-state index is -1.73. The molecule has 1 unspecified atom stereocenters. The summed E-state index contributed by atoms with van der Waals surface area (Å²) in [5, 5.41) is 9.45. The Kier molecular flexibility index (Phi) is 7.84. The van der Waals surface area contributed by atoms with Crippen LogP contribution in [0.25, 0.3) is 0 Å². The average molecular weight is 469 g/mol. The van der Waals surface area contributed by atoms with Crippen molar-refractivity contribution in [2.75, 3.05) is 6.54 Å². The van der Waals surface area contributed by atoms with Crippen LogP contribution in [-0.4, -0.2) is 50.2 Å². The van der Waals surface area contributed by atoms with Gasteiger partial charge in [-0.1, -0.05) is 68.4 Å². The molecule has 0 aliphatic carbocycles. The molecule has 1 saturated heterocycles. The summed E-state index contributed by atoms with van der Waals surface area (Å²) in [6.07, 6.45) is 0.329. The molecule has 3 rings (SSSR count). The normalized spacial score (nSPS) is 21.5. The number of ketones is 2. The molecule has 0 aromatic heterocycles. The van der Waals surface area contributed by atoms with Crippen molar-refractivity contribution in [1.29, 1.82) is 0 Å². The highest BCUT2D eigenvalue weighted by atomic mass is 32.2. The van der Waals surface area contributed by atoms with Gasteiger partial charge in [0, 0.05) is 36.0 Å². The Hall–Kier alpha value is -2.81. The van der Waals surface area contributed by atoms with Crippen molar-refractivity contribution in [2.24, 2.45) is 11.7 Å². The minimum absolute atomic E-state index is 0.0580. The first-order valence-corrected chi connectivity index (χ1v) is 11.7. The van der Waals surface area contributed by atoms with Crippen LogP contribution in [0.15, 0.2) is 54.6 Å². The lowest BCUT2D eigenvalue weighted by molar-refractivity contribution is -0.152. The highest BCUT2D eigenvalue weighted by Crippen LogP contribution is 2.40. The van der Waals surface area contributed by atoms with E-state index >= 15 is 0 Å². The molecule has 8 heteroatoms. The lowest BCUT2D eigenvalue weighted by atomic mass is 9.88. The third kappa shape index (κ3) is 5.08. The highest BCUT2D eigenvalue weighted by Gasteiger charge is 2.56. The first-order valence-electron chi connectivity index (χ1n) is 10.9. The summed E-state index contributed by atoms with van der Waals surface area (Å²) in [4.78, 5) is 50.7. The highest BCUT2D eigenvalue weighted by molar-refractivity contribution is 8.11. The van der Waals surface area contributed by atoms with Crippen LogP contribution in [0.3, 0.4) is 0 Å². The summed E-state index contributed by atoms with van der Waals surface area (Å²) in [5.74, 6) is -1.89. The van der Waals surface area contributed by atoms with Gasteiger partial charge in [-0.05, 0) is 24.3 Å². The molecule has 0 saturated carbocycles. The molecule has 7 nitrogen and oxygen atoms in total. The molecule has 0 bridgehead atoms. The van der Waals surface area contributed by atoms with Crippen LogP contribution < -0.4 is 5.73 Å². The van der Waals surface area contributed by atoms with Gasteiger partial charge in [0.1, 0.15) is 0 Å². The number of carbonyl (C=O) groups excluding carboxylic acids is 3. The standard InChI is InChI=1S/C25H28N2O5S/c1-3-21(28)25(24(31)32)14-16(2)15-27(25)33-23(30)20(26)13-18-11-7-8-12-19(18)22(29)17-9-5-4-6-10-17/h4-12,16,20H,3,13-15,26H2,1-2H3,(H,31,32)/t16?,20-,25+/m0/s1. The zero-order valence-corrected chi connectivity index (χ0v) is 19.5. The fraction of sp³-hybridized carbons (Fsp3) is 0.360. The SMILES string of the molecule is CCC(=O)[C@@]1(C(=O)O)CC(C)CN1SC(=O)[C@@H](N)Cc1ccccc1C(=O)c1ccccc1. The summed E-state index contributed by atoms with van der Waals surface area (Å²) >= 11 is 0.711. The predicted octanol–water partition coefficient (Wildman–Crippen LogP) is 3.11. The van der Waals surface area contributed by atoms with E-state index in [1.54, 1.807) is 55.5 Å². The minimum Gasteiger partial charge on any atom is -0.480 e. The summed E-state index contributed by atoms with van der Waals surface area (Å²) in [6.45, 7) is 3.77. The van der Waals surface area contributed by atoms with Gasteiger partial charge in [0.15, 0.2) is 17.1 Å². The zero-order chi connectivity index (χ0) is 24.2. The van der Waals surface area contributed by atoms with Crippen molar-refractivity contribution in [3.8, 4) is 0 Å². The van der Waals surface area contributed by atoms with Crippen LogP contribution in [-0.2, 0) is 20.8 Å². The van der Waals surface area contributed by atoms with E-state index in [9.17, 15) is 24.3 Å². The van der Waals surface area contributed by atoms with Crippen molar-refractivity contribution in [3.05, 3.63) is 71.3 Å². The third-order valence-corrected chi connectivity index (χ3v) is 7.09. The third-order valence-electron chi connectivity index (χ3n) is 5.92.